The maximum absolute atomic E-state index is 10.7. The molecule has 0 aliphatic rings. The Kier molecular flexibility index (Phi) is 4.27. The fraction of sp³-hybridized carbons (Fsp3) is 0.833. The molecule has 0 spiro atoms. The van der Waals surface area contributed by atoms with Gasteiger partial charge < -0.3 is 0 Å². The van der Waals surface area contributed by atoms with Crippen LogP contribution in [-0.2, 0) is 4.79 Å². The van der Waals surface area contributed by atoms with Crippen LogP contribution in [0.2, 0.25) is 19.3 Å². The number of rotatable bonds is 3. The van der Waals surface area contributed by atoms with Crippen molar-refractivity contribution in [2.75, 3.05) is 0 Å². The summed E-state index contributed by atoms with van der Waals surface area (Å²) in [4.78, 5) is 17.6. The van der Waals surface area contributed by atoms with E-state index in [1.807, 2.05) is 0 Å². The molecule has 0 saturated carbocycles. The molecule has 0 aromatic rings. The fourth-order valence-electron chi connectivity index (χ4n) is 0.561. The predicted molar refractivity (Wildman–Crippen MR) is 45.1 cm³/mol. The van der Waals surface area contributed by atoms with E-state index in [1.165, 1.54) is 0 Å². The summed E-state index contributed by atoms with van der Waals surface area (Å²) in [6.45, 7) is 0. The number of hydrogen-bond donors (Lipinski definition) is 2. The molecule has 0 atom stereocenters. The predicted octanol–water partition coefficient (Wildman–Crippen LogP) is 0.705. The first-order valence-electron chi connectivity index (χ1n) is 3.45. The van der Waals surface area contributed by atoms with Gasteiger partial charge in [0.2, 0.25) is 0 Å². The zero-order valence-corrected chi connectivity index (χ0v) is 9.75. The Bertz CT molecular complexity index is 119. The number of nitrogens with two attached hydrogens (primary N) is 1. The molecule has 0 radical (unpaired) electrons. The minimum atomic E-state index is -1.70. The summed E-state index contributed by atoms with van der Waals surface area (Å²) in [7, 11) is 0. The van der Waals surface area contributed by atoms with Gasteiger partial charge in [-0.3, -0.25) is 0 Å². The summed E-state index contributed by atoms with van der Waals surface area (Å²) in [6, 6.07) is 0. The van der Waals surface area contributed by atoms with Crippen LogP contribution < -0.4 is 11.3 Å². The number of hydrazine groups is 1. The molecule has 0 aliphatic heterocycles. The summed E-state index contributed by atoms with van der Waals surface area (Å²) in [5, 5.41) is 0. The van der Waals surface area contributed by atoms with Crippen LogP contribution in [0.3, 0.4) is 0 Å². The van der Waals surface area contributed by atoms with E-state index in [0.29, 0.717) is 6.42 Å². The molecule has 4 heteroatoms. The van der Waals surface area contributed by atoms with Gasteiger partial charge >= 0.3 is 66.0 Å². The summed E-state index contributed by atoms with van der Waals surface area (Å²) in [5.41, 5.74) is 2.13. The summed E-state index contributed by atoms with van der Waals surface area (Å²) in [5.74, 6) is 4.89. The van der Waals surface area contributed by atoms with Gasteiger partial charge in [0, 0.05) is 0 Å². The number of carbonyl (C=O) groups excluding carboxylic acids is 1. The van der Waals surface area contributed by atoms with Crippen LogP contribution in [0.15, 0.2) is 0 Å². The summed E-state index contributed by atoms with van der Waals surface area (Å²) < 4.78 is 1.08. The van der Waals surface area contributed by atoms with Gasteiger partial charge in [0.25, 0.3) is 0 Å². The van der Waals surface area contributed by atoms with Crippen LogP contribution >= 0.6 is 0 Å². The Morgan fingerprint density at radius 2 is 2.00 bits per heavy atom. The molecule has 0 aromatic heterocycles. The molecule has 0 rings (SSSR count). The third kappa shape index (κ3) is 6.35. The quantitative estimate of drug-likeness (QED) is 0.336. The fourth-order valence-corrected chi connectivity index (χ4v) is 3.35. The molecule has 0 heterocycles. The van der Waals surface area contributed by atoms with Crippen LogP contribution in [0.1, 0.15) is 6.42 Å². The van der Waals surface area contributed by atoms with Crippen molar-refractivity contribution in [3.63, 3.8) is 0 Å². The van der Waals surface area contributed by atoms with Gasteiger partial charge in [-0.15, -0.1) is 0 Å². The van der Waals surface area contributed by atoms with Crippen molar-refractivity contribution in [1.82, 2.24) is 5.43 Å². The first-order chi connectivity index (χ1) is 4.45. The zero-order valence-electron chi connectivity index (χ0n) is 6.90. The van der Waals surface area contributed by atoms with E-state index in [1.54, 1.807) is 0 Å². The average Bonchev–Trinajstić information content (AvgIpc) is 1.81. The van der Waals surface area contributed by atoms with Gasteiger partial charge in [-0.1, -0.05) is 0 Å². The average molecular weight is 251 g/mol. The van der Waals surface area contributed by atoms with E-state index in [0.717, 1.165) is 4.44 Å². The summed E-state index contributed by atoms with van der Waals surface area (Å²) in [6.07, 6.45) is 0.607. The minimum absolute atomic E-state index is 0.0355. The molecular weight excluding hydrogens is 235 g/mol. The molecule has 1 amide bonds. The van der Waals surface area contributed by atoms with Crippen molar-refractivity contribution >= 4 is 24.3 Å². The normalized spacial score (nSPS) is 11.2. The van der Waals surface area contributed by atoms with E-state index in [-0.39, 0.29) is 5.91 Å². The molecule has 0 aliphatic carbocycles. The van der Waals surface area contributed by atoms with Gasteiger partial charge in [-0.05, 0) is 0 Å². The Morgan fingerprint density at radius 1 is 1.50 bits per heavy atom. The van der Waals surface area contributed by atoms with Gasteiger partial charge in [0.05, 0.1) is 0 Å². The molecule has 60 valence electrons. The molecule has 3 nitrogen and oxygen atoms in total. The molecule has 0 unspecified atom stereocenters. The van der Waals surface area contributed by atoms with Crippen molar-refractivity contribution in [3.8, 4) is 0 Å². The van der Waals surface area contributed by atoms with Gasteiger partial charge in [-0.25, -0.2) is 0 Å². The van der Waals surface area contributed by atoms with E-state index >= 15 is 0 Å². The monoisotopic (exact) mass is 252 g/mol. The number of nitrogens with one attached hydrogen (secondary N) is 1. The molecule has 0 aromatic carbocycles. The molecule has 0 fully saturated rings. The maximum atomic E-state index is 10.7. The second-order valence-electron chi connectivity index (χ2n) is 3.63. The topological polar surface area (TPSA) is 55.1 Å². The van der Waals surface area contributed by atoms with Crippen LogP contribution in [0.4, 0.5) is 0 Å². The van der Waals surface area contributed by atoms with E-state index in [2.05, 4.69) is 20.2 Å². The Hall–Kier alpha value is 0.229. The van der Waals surface area contributed by atoms with Gasteiger partial charge in [-0.2, -0.15) is 0 Å². The third-order valence-corrected chi connectivity index (χ3v) is 6.26. The van der Waals surface area contributed by atoms with E-state index in [9.17, 15) is 4.79 Å². The first kappa shape index (κ1) is 10.2. The molecule has 3 N–H and O–H groups in total. The van der Waals surface area contributed by atoms with Crippen LogP contribution in [0.25, 0.3) is 0 Å². The Morgan fingerprint density at radius 3 is 2.30 bits per heavy atom. The molecule has 0 saturated heterocycles. The van der Waals surface area contributed by atoms with Crippen LogP contribution in [-0.4, -0.2) is 24.3 Å². The van der Waals surface area contributed by atoms with Crippen LogP contribution in [0.5, 0.6) is 0 Å². The standard InChI is InChI=1S/C3H7N2O.3CH3.Sn/c1-2-3(6)5-4;;;;/h1-2,4H2,(H,5,6);3*1H3;. The van der Waals surface area contributed by atoms with Crippen molar-refractivity contribution in [1.29, 1.82) is 0 Å². The molecular formula is C6H16N2OSn. The zero-order chi connectivity index (χ0) is 8.20. The number of carbonyl (C=O) groups is 1. The third-order valence-electron chi connectivity index (χ3n) is 1.26. The Labute approximate surface area is 66.2 Å². The second-order valence-corrected chi connectivity index (χ2v) is 19.7. The van der Waals surface area contributed by atoms with Crippen LogP contribution in [0, 0.1) is 0 Å². The molecule has 10 heavy (non-hydrogen) atoms. The SMILES string of the molecule is [CH3][Sn]([CH3])([CH3])[CH2]CC(=O)NN. The van der Waals surface area contributed by atoms with E-state index < -0.39 is 18.4 Å². The number of hydrogen-bond acceptors (Lipinski definition) is 2. The first-order valence-corrected chi connectivity index (χ1v) is 14.0. The molecule has 0 bridgehead atoms. The Balaban J connectivity index is 3.46. The van der Waals surface area contributed by atoms with Crippen molar-refractivity contribution in [2.24, 2.45) is 5.84 Å². The van der Waals surface area contributed by atoms with Crippen molar-refractivity contribution in [2.45, 2.75) is 25.7 Å². The van der Waals surface area contributed by atoms with E-state index in [4.69, 9.17) is 5.84 Å². The van der Waals surface area contributed by atoms with Crippen molar-refractivity contribution in [3.05, 3.63) is 0 Å². The van der Waals surface area contributed by atoms with Gasteiger partial charge in [0.15, 0.2) is 0 Å². The summed E-state index contributed by atoms with van der Waals surface area (Å²) >= 11 is -1.70. The van der Waals surface area contributed by atoms with Crippen molar-refractivity contribution < 1.29 is 4.79 Å². The van der Waals surface area contributed by atoms with Gasteiger partial charge in [0.1, 0.15) is 0 Å². The number of amides is 1. The second kappa shape index (κ2) is 4.18.